The average Bonchev–Trinajstić information content (AvgIpc) is 3.05. The van der Waals surface area contributed by atoms with Crippen LogP contribution in [0.25, 0.3) is 10.7 Å². The molecule has 0 unspecified atom stereocenters. The molecule has 2 N–H and O–H groups in total. The maximum atomic E-state index is 5.72. The van der Waals surface area contributed by atoms with Crippen molar-refractivity contribution in [1.82, 2.24) is 20.2 Å². The number of thiazole rings is 1. The second-order valence-electron chi connectivity index (χ2n) is 4.24. The van der Waals surface area contributed by atoms with Crippen molar-refractivity contribution in [2.24, 2.45) is 0 Å². The van der Waals surface area contributed by atoms with Crippen molar-refractivity contribution in [1.29, 1.82) is 0 Å². The molecule has 0 aliphatic rings. The van der Waals surface area contributed by atoms with Crippen molar-refractivity contribution in [2.75, 3.05) is 0 Å². The number of benzene rings is 1. The van der Waals surface area contributed by atoms with Crippen molar-refractivity contribution in [3.63, 3.8) is 0 Å². The number of hydrogen-bond acceptors (Lipinski definition) is 5. The van der Waals surface area contributed by atoms with Crippen LogP contribution >= 0.6 is 23.6 Å². The summed E-state index contributed by atoms with van der Waals surface area (Å²) in [6.45, 7) is 2.48. The fourth-order valence-corrected chi connectivity index (χ4v) is 2.64. The molecule has 7 heteroatoms. The number of ether oxygens (including phenoxy) is 1. The fourth-order valence-electron chi connectivity index (χ4n) is 1.72. The zero-order chi connectivity index (χ0) is 13.9. The Kier molecular flexibility index (Phi) is 3.62. The largest absolute Gasteiger partial charge is 0.486 e. The summed E-state index contributed by atoms with van der Waals surface area (Å²) >= 11 is 6.46. The van der Waals surface area contributed by atoms with Crippen LogP contribution in [0.3, 0.4) is 0 Å². The minimum Gasteiger partial charge on any atom is -0.486 e. The van der Waals surface area contributed by atoms with Gasteiger partial charge >= 0.3 is 0 Å². The maximum Gasteiger partial charge on any atom is 0.213 e. The molecule has 0 spiro atoms. The van der Waals surface area contributed by atoms with Crippen LogP contribution in [0.15, 0.2) is 30.5 Å². The molecule has 102 valence electrons. The van der Waals surface area contributed by atoms with E-state index in [1.807, 2.05) is 31.2 Å². The monoisotopic (exact) mass is 304 g/mol. The summed E-state index contributed by atoms with van der Waals surface area (Å²) in [6.07, 6.45) is 1.76. The van der Waals surface area contributed by atoms with Gasteiger partial charge in [0.1, 0.15) is 17.4 Å². The molecular formula is C13H12N4OS2. The highest BCUT2D eigenvalue weighted by Crippen LogP contribution is 2.23. The Morgan fingerprint density at radius 1 is 1.35 bits per heavy atom. The predicted molar refractivity (Wildman–Crippen MR) is 80.4 cm³/mol. The van der Waals surface area contributed by atoms with Gasteiger partial charge < -0.3 is 4.74 Å². The number of H-pyrrole nitrogens is 2. The van der Waals surface area contributed by atoms with Crippen LogP contribution in [0.2, 0.25) is 0 Å². The second-order valence-corrected chi connectivity index (χ2v) is 5.74. The minimum absolute atomic E-state index is 0.436. The van der Waals surface area contributed by atoms with Gasteiger partial charge in [-0.25, -0.2) is 4.98 Å². The molecule has 0 amide bonds. The van der Waals surface area contributed by atoms with E-state index < -0.39 is 0 Å². The highest BCUT2D eigenvalue weighted by atomic mass is 32.1. The zero-order valence-corrected chi connectivity index (χ0v) is 12.3. The van der Waals surface area contributed by atoms with Crippen LogP contribution in [-0.2, 0) is 6.61 Å². The minimum atomic E-state index is 0.436. The van der Waals surface area contributed by atoms with E-state index in [0.29, 0.717) is 17.2 Å². The molecule has 0 fully saturated rings. The van der Waals surface area contributed by atoms with Gasteiger partial charge in [-0.1, -0.05) is 12.1 Å². The van der Waals surface area contributed by atoms with Gasteiger partial charge in [-0.15, -0.1) is 11.3 Å². The van der Waals surface area contributed by atoms with E-state index in [1.54, 1.807) is 6.20 Å². The Labute approximate surface area is 124 Å². The van der Waals surface area contributed by atoms with E-state index in [4.69, 9.17) is 17.0 Å². The van der Waals surface area contributed by atoms with Crippen LogP contribution in [0, 0.1) is 11.7 Å². The van der Waals surface area contributed by atoms with Crippen LogP contribution < -0.4 is 4.74 Å². The molecular weight excluding hydrogens is 292 g/mol. The summed E-state index contributed by atoms with van der Waals surface area (Å²) in [7, 11) is 0. The molecule has 0 radical (unpaired) electrons. The number of nitrogens with zero attached hydrogens (tertiary/aromatic N) is 2. The molecule has 0 saturated heterocycles. The van der Waals surface area contributed by atoms with Gasteiger partial charge in [0, 0.05) is 6.20 Å². The summed E-state index contributed by atoms with van der Waals surface area (Å²) in [6, 6.07) is 7.95. The number of rotatable bonds is 4. The van der Waals surface area contributed by atoms with E-state index in [0.717, 1.165) is 15.6 Å². The lowest BCUT2D eigenvalue weighted by atomic mass is 10.2. The summed E-state index contributed by atoms with van der Waals surface area (Å²) in [5.41, 5.74) is 1.17. The lowest BCUT2D eigenvalue weighted by molar-refractivity contribution is 0.305. The average molecular weight is 304 g/mol. The topological polar surface area (TPSA) is 66.6 Å². The number of nitrogens with one attached hydrogen (secondary N) is 2. The Morgan fingerprint density at radius 2 is 2.25 bits per heavy atom. The van der Waals surface area contributed by atoms with Crippen molar-refractivity contribution in [3.05, 3.63) is 45.8 Å². The van der Waals surface area contributed by atoms with Gasteiger partial charge in [0.05, 0.1) is 4.88 Å². The molecule has 0 saturated carbocycles. The third-order valence-electron chi connectivity index (χ3n) is 2.64. The third-order valence-corrected chi connectivity index (χ3v) is 3.81. The molecule has 2 heterocycles. The van der Waals surface area contributed by atoms with Crippen LogP contribution in [0.4, 0.5) is 0 Å². The maximum absolute atomic E-state index is 5.72. The Bertz CT molecular complexity index is 774. The molecule has 2 aromatic heterocycles. The SMILES string of the molecule is Cc1cccc(OCc2ncc(-c3nc(=S)[nH][nH]3)s2)c1. The summed E-state index contributed by atoms with van der Waals surface area (Å²) in [5.74, 6) is 1.55. The predicted octanol–water partition coefficient (Wildman–Crippen LogP) is 3.48. The molecule has 20 heavy (non-hydrogen) atoms. The lowest BCUT2D eigenvalue weighted by Crippen LogP contribution is -1.94. The highest BCUT2D eigenvalue weighted by molar-refractivity contribution is 7.71. The van der Waals surface area contributed by atoms with Crippen molar-refractivity contribution in [3.8, 4) is 16.5 Å². The normalized spacial score (nSPS) is 10.7. The second kappa shape index (κ2) is 5.56. The van der Waals surface area contributed by atoms with Crippen molar-refractivity contribution < 1.29 is 4.74 Å². The number of aromatic nitrogens is 4. The number of aromatic amines is 2. The molecule has 3 aromatic rings. The molecule has 0 bridgehead atoms. The lowest BCUT2D eigenvalue weighted by Gasteiger charge is -2.04. The first-order valence-electron chi connectivity index (χ1n) is 6.00. The van der Waals surface area contributed by atoms with E-state index in [-0.39, 0.29) is 0 Å². The third kappa shape index (κ3) is 2.94. The first-order valence-corrected chi connectivity index (χ1v) is 7.22. The molecule has 5 nitrogen and oxygen atoms in total. The number of hydrogen-bond donors (Lipinski definition) is 2. The van der Waals surface area contributed by atoms with Crippen molar-refractivity contribution in [2.45, 2.75) is 13.5 Å². The van der Waals surface area contributed by atoms with E-state index in [1.165, 1.54) is 16.9 Å². The fraction of sp³-hybridized carbons (Fsp3) is 0.154. The molecule has 0 aliphatic heterocycles. The Balaban J connectivity index is 1.70. The summed E-state index contributed by atoms with van der Waals surface area (Å²) in [5, 5.41) is 6.56. The van der Waals surface area contributed by atoms with Gasteiger partial charge in [-0.3, -0.25) is 10.2 Å². The molecule has 3 rings (SSSR count). The van der Waals surface area contributed by atoms with E-state index in [2.05, 4.69) is 20.2 Å². The van der Waals surface area contributed by atoms with Gasteiger partial charge in [-0.2, -0.15) is 4.98 Å². The Hall–Kier alpha value is -1.99. The first kappa shape index (κ1) is 13.0. The van der Waals surface area contributed by atoms with Crippen LogP contribution in [0.5, 0.6) is 5.75 Å². The molecule has 0 aliphatic carbocycles. The highest BCUT2D eigenvalue weighted by Gasteiger charge is 2.07. The van der Waals surface area contributed by atoms with Gasteiger partial charge in [0.15, 0.2) is 5.82 Å². The van der Waals surface area contributed by atoms with Gasteiger partial charge in [0.2, 0.25) is 4.77 Å². The van der Waals surface area contributed by atoms with E-state index >= 15 is 0 Å². The van der Waals surface area contributed by atoms with E-state index in [9.17, 15) is 0 Å². The molecule has 1 aromatic carbocycles. The van der Waals surface area contributed by atoms with Gasteiger partial charge in [0.25, 0.3) is 0 Å². The quantitative estimate of drug-likeness (QED) is 0.724. The van der Waals surface area contributed by atoms with Gasteiger partial charge in [-0.05, 0) is 36.8 Å². The van der Waals surface area contributed by atoms with Crippen LogP contribution in [0.1, 0.15) is 10.6 Å². The zero-order valence-electron chi connectivity index (χ0n) is 10.7. The summed E-state index contributed by atoms with van der Waals surface area (Å²) < 4.78 is 6.15. The first-order chi connectivity index (χ1) is 9.70. The Morgan fingerprint density at radius 3 is 3.00 bits per heavy atom. The standard InChI is InChI=1S/C13H12N4OS2/c1-8-3-2-4-9(5-8)18-7-11-14-6-10(20-11)12-15-13(19)17-16-12/h2-6H,7H2,1H3,(H2,15,16,17,19). The molecule has 0 atom stereocenters. The smallest absolute Gasteiger partial charge is 0.213 e. The summed E-state index contributed by atoms with van der Waals surface area (Å²) in [4.78, 5) is 9.41. The van der Waals surface area contributed by atoms with Crippen LogP contribution in [-0.4, -0.2) is 20.2 Å². The van der Waals surface area contributed by atoms with Crippen molar-refractivity contribution >= 4 is 23.6 Å². The number of aryl methyl sites for hydroxylation is 1.